The average molecular weight is 464 g/mol. The van der Waals surface area contributed by atoms with E-state index in [1.165, 1.54) is 19.2 Å². The number of nitrogens with zero attached hydrogens (tertiary/aromatic N) is 2. The number of ether oxygens (including phenoxy) is 2. The number of primary sulfonamides is 1. The van der Waals surface area contributed by atoms with Gasteiger partial charge in [0.05, 0.1) is 35.2 Å². The summed E-state index contributed by atoms with van der Waals surface area (Å²) < 4.78 is 35.7. The Morgan fingerprint density at radius 3 is 2.48 bits per heavy atom. The molecule has 0 aliphatic heterocycles. The summed E-state index contributed by atoms with van der Waals surface area (Å²) in [6.45, 7) is 2.19. The molecule has 2 N–H and O–H groups in total. The van der Waals surface area contributed by atoms with Gasteiger partial charge in [0.2, 0.25) is 10.0 Å². The van der Waals surface area contributed by atoms with Crippen LogP contribution in [0.1, 0.15) is 23.7 Å². The molecule has 1 aromatic heterocycles. The van der Waals surface area contributed by atoms with Crippen molar-refractivity contribution in [3.8, 4) is 5.75 Å². The number of aromatic nitrogens is 1. The number of amides is 1. The number of esters is 1. The molecule has 9 nitrogen and oxygen atoms in total. The summed E-state index contributed by atoms with van der Waals surface area (Å²) in [5.41, 5.74) is 0.989. The number of benzene rings is 2. The number of methoxy groups -OCH3 is 1. The van der Waals surface area contributed by atoms with E-state index in [1.807, 2.05) is 0 Å². The molecule has 0 atom stereocenters. The lowest BCUT2D eigenvalue weighted by Crippen LogP contribution is -2.19. The number of fused-ring (bicyclic) bond motifs is 1. The third-order valence-electron chi connectivity index (χ3n) is 4.36. The summed E-state index contributed by atoms with van der Waals surface area (Å²) in [5.74, 6) is -0.257. The molecule has 0 bridgehead atoms. The lowest BCUT2D eigenvalue weighted by Gasteiger charge is -2.06. The summed E-state index contributed by atoms with van der Waals surface area (Å²) >= 11 is 1.13. The molecule has 3 rings (SSSR count). The summed E-state index contributed by atoms with van der Waals surface area (Å²) in [6.07, 6.45) is 0.0700. The van der Waals surface area contributed by atoms with Crippen molar-refractivity contribution in [2.24, 2.45) is 10.1 Å². The molecule has 0 saturated heterocycles. The summed E-state index contributed by atoms with van der Waals surface area (Å²) in [6, 6.07) is 10.9. The first-order valence-corrected chi connectivity index (χ1v) is 11.6. The molecule has 0 aliphatic carbocycles. The Morgan fingerprint density at radius 1 is 1.16 bits per heavy atom. The normalized spacial score (nSPS) is 12.2. The molecule has 1 amide bonds. The zero-order chi connectivity index (χ0) is 22.6. The van der Waals surface area contributed by atoms with Crippen molar-refractivity contribution in [3.05, 3.63) is 52.8 Å². The summed E-state index contributed by atoms with van der Waals surface area (Å²) in [4.78, 5) is 29.0. The second kappa shape index (κ2) is 9.41. The molecular weight excluding hydrogens is 442 g/mol. The summed E-state index contributed by atoms with van der Waals surface area (Å²) in [7, 11) is -2.36. The Balaban J connectivity index is 2.07. The molecule has 0 saturated carbocycles. The minimum Gasteiger partial charge on any atom is -0.497 e. The van der Waals surface area contributed by atoms with Crippen LogP contribution in [-0.4, -0.2) is 38.6 Å². The lowest BCUT2D eigenvalue weighted by molar-refractivity contribution is -0.143. The molecule has 0 radical (unpaired) electrons. The van der Waals surface area contributed by atoms with Gasteiger partial charge in [-0.25, -0.2) is 13.6 Å². The highest BCUT2D eigenvalue weighted by Crippen LogP contribution is 2.22. The van der Waals surface area contributed by atoms with Crippen molar-refractivity contribution in [1.29, 1.82) is 0 Å². The minimum atomic E-state index is -3.89. The standard InChI is InChI=1S/C20H21N3O6S2/c1-3-29-18(24)10-11-23-16-9-8-15(31(21,26)27)12-17(16)30-20(23)22-19(25)13-4-6-14(28-2)7-5-13/h4-9,12H,3,10-11H2,1-2H3,(H2,21,26,27). The molecule has 0 fully saturated rings. The van der Waals surface area contributed by atoms with Crippen molar-refractivity contribution in [3.63, 3.8) is 0 Å². The highest BCUT2D eigenvalue weighted by atomic mass is 32.2. The van der Waals surface area contributed by atoms with E-state index < -0.39 is 15.9 Å². The second-order valence-corrected chi connectivity index (χ2v) is 8.98. The molecule has 164 valence electrons. The van der Waals surface area contributed by atoms with E-state index in [1.54, 1.807) is 41.8 Å². The highest BCUT2D eigenvalue weighted by Gasteiger charge is 2.15. The van der Waals surface area contributed by atoms with Gasteiger partial charge >= 0.3 is 5.97 Å². The minimum absolute atomic E-state index is 0.0492. The fourth-order valence-corrected chi connectivity index (χ4v) is 4.56. The van der Waals surface area contributed by atoms with E-state index in [0.29, 0.717) is 26.3 Å². The van der Waals surface area contributed by atoms with Gasteiger partial charge in [-0.2, -0.15) is 4.99 Å². The van der Waals surface area contributed by atoms with Crippen molar-refractivity contribution in [2.45, 2.75) is 24.8 Å². The number of nitrogens with two attached hydrogens (primary N) is 1. The molecule has 0 aliphatic rings. The first-order chi connectivity index (χ1) is 14.7. The number of hydrogen-bond donors (Lipinski definition) is 1. The van der Waals surface area contributed by atoms with Crippen LogP contribution in [0.3, 0.4) is 0 Å². The maximum absolute atomic E-state index is 12.7. The van der Waals surface area contributed by atoms with Gasteiger partial charge < -0.3 is 14.0 Å². The number of hydrogen-bond acceptors (Lipinski definition) is 7. The molecule has 3 aromatic rings. The Morgan fingerprint density at radius 2 is 1.87 bits per heavy atom. The van der Waals surface area contributed by atoms with E-state index >= 15 is 0 Å². The van der Waals surface area contributed by atoms with Gasteiger partial charge in [-0.15, -0.1) is 0 Å². The second-order valence-electron chi connectivity index (χ2n) is 6.41. The maximum Gasteiger partial charge on any atom is 0.307 e. The largest absolute Gasteiger partial charge is 0.497 e. The number of carbonyl (C=O) groups excluding carboxylic acids is 2. The Bertz CT molecular complexity index is 1290. The van der Waals surface area contributed by atoms with Gasteiger partial charge in [-0.1, -0.05) is 11.3 Å². The fourth-order valence-electron chi connectivity index (χ4n) is 2.85. The van der Waals surface area contributed by atoms with Crippen LogP contribution < -0.4 is 14.7 Å². The van der Waals surface area contributed by atoms with E-state index in [-0.39, 0.29) is 30.4 Å². The third-order valence-corrected chi connectivity index (χ3v) is 6.31. The van der Waals surface area contributed by atoms with Crippen LogP contribution in [0.2, 0.25) is 0 Å². The first kappa shape index (κ1) is 22.7. The van der Waals surface area contributed by atoms with Crippen LogP contribution in [0.25, 0.3) is 10.2 Å². The van der Waals surface area contributed by atoms with Crippen molar-refractivity contribution in [2.75, 3.05) is 13.7 Å². The zero-order valence-electron chi connectivity index (χ0n) is 16.9. The monoisotopic (exact) mass is 463 g/mol. The average Bonchev–Trinajstić information content (AvgIpc) is 3.08. The van der Waals surface area contributed by atoms with E-state index in [9.17, 15) is 18.0 Å². The van der Waals surface area contributed by atoms with E-state index in [2.05, 4.69) is 4.99 Å². The maximum atomic E-state index is 12.7. The van der Waals surface area contributed by atoms with Crippen molar-refractivity contribution >= 4 is 43.5 Å². The topological polar surface area (TPSA) is 130 Å². The predicted octanol–water partition coefficient (Wildman–Crippen LogP) is 2.05. The fraction of sp³-hybridized carbons (Fsp3) is 0.250. The van der Waals surface area contributed by atoms with Crippen LogP contribution in [-0.2, 0) is 26.1 Å². The van der Waals surface area contributed by atoms with Crippen molar-refractivity contribution < 1.29 is 27.5 Å². The highest BCUT2D eigenvalue weighted by molar-refractivity contribution is 7.89. The quantitative estimate of drug-likeness (QED) is 0.534. The van der Waals surface area contributed by atoms with Gasteiger partial charge in [0.1, 0.15) is 5.75 Å². The Labute approximate surface area is 182 Å². The summed E-state index contributed by atoms with van der Waals surface area (Å²) in [5, 5.41) is 5.23. The van der Waals surface area contributed by atoms with Gasteiger partial charge in [-0.05, 0) is 49.4 Å². The van der Waals surface area contributed by atoms with Crippen LogP contribution in [0.5, 0.6) is 5.75 Å². The molecule has 31 heavy (non-hydrogen) atoms. The van der Waals surface area contributed by atoms with Gasteiger partial charge in [0, 0.05) is 12.1 Å². The molecule has 1 heterocycles. The van der Waals surface area contributed by atoms with Crippen LogP contribution in [0, 0.1) is 0 Å². The molecular formula is C20H21N3O6S2. The number of aryl methyl sites for hydroxylation is 1. The van der Waals surface area contributed by atoms with Crippen LogP contribution in [0.4, 0.5) is 0 Å². The molecule has 0 unspecified atom stereocenters. The third kappa shape index (κ3) is 5.37. The zero-order valence-corrected chi connectivity index (χ0v) is 18.5. The number of carbonyl (C=O) groups is 2. The predicted molar refractivity (Wildman–Crippen MR) is 115 cm³/mol. The molecule has 0 spiro atoms. The lowest BCUT2D eigenvalue weighted by atomic mass is 10.2. The Kier molecular flexibility index (Phi) is 6.88. The van der Waals surface area contributed by atoms with Gasteiger partial charge in [-0.3, -0.25) is 9.59 Å². The van der Waals surface area contributed by atoms with Crippen LogP contribution >= 0.6 is 11.3 Å². The first-order valence-electron chi connectivity index (χ1n) is 9.28. The SMILES string of the molecule is CCOC(=O)CCn1c(=NC(=O)c2ccc(OC)cc2)sc2cc(S(N)(=O)=O)ccc21. The van der Waals surface area contributed by atoms with Crippen molar-refractivity contribution in [1.82, 2.24) is 4.57 Å². The number of rotatable bonds is 7. The molecule has 11 heteroatoms. The van der Waals surface area contributed by atoms with Gasteiger partial charge in [0.25, 0.3) is 5.91 Å². The van der Waals surface area contributed by atoms with E-state index in [4.69, 9.17) is 14.6 Å². The van der Waals surface area contributed by atoms with E-state index in [0.717, 1.165) is 11.3 Å². The van der Waals surface area contributed by atoms with Gasteiger partial charge in [0.15, 0.2) is 4.80 Å². The Hall–Kier alpha value is -3.02. The molecule has 2 aromatic carbocycles. The number of thiazole rings is 1. The smallest absolute Gasteiger partial charge is 0.307 e. The van der Waals surface area contributed by atoms with Crippen LogP contribution in [0.15, 0.2) is 52.4 Å². The number of sulfonamides is 1.